The topological polar surface area (TPSA) is 46.1 Å². The Morgan fingerprint density at radius 3 is 2.77 bits per heavy atom. The lowest BCUT2D eigenvalue weighted by Crippen LogP contribution is -2.39. The number of rotatable bonds is 6. The number of nitrogens with one attached hydrogen (secondary N) is 1. The molecule has 5 nitrogen and oxygen atoms in total. The lowest BCUT2D eigenvalue weighted by atomic mass is 10.2. The van der Waals surface area contributed by atoms with Crippen LogP contribution in [0.15, 0.2) is 29.3 Å². The number of methoxy groups -OCH3 is 1. The summed E-state index contributed by atoms with van der Waals surface area (Å²) in [6, 6.07) is 8.12. The van der Waals surface area contributed by atoms with Crippen LogP contribution in [0.2, 0.25) is 0 Å². The van der Waals surface area contributed by atoms with E-state index in [1.54, 1.807) is 7.11 Å². The number of nitrogens with zero attached hydrogens (tertiary/aromatic N) is 2. The average Bonchev–Trinajstić information content (AvgIpc) is 3.05. The summed E-state index contributed by atoms with van der Waals surface area (Å²) in [7, 11) is 5.55. The molecule has 5 heteroatoms. The Morgan fingerprint density at radius 1 is 1.41 bits per heavy atom. The second-order valence-corrected chi connectivity index (χ2v) is 5.60. The Balaban J connectivity index is 1.78. The third kappa shape index (κ3) is 4.91. The summed E-state index contributed by atoms with van der Waals surface area (Å²) in [5.41, 5.74) is 1.23. The molecule has 1 atom stereocenters. The van der Waals surface area contributed by atoms with Crippen LogP contribution < -0.4 is 10.1 Å². The molecule has 1 saturated heterocycles. The van der Waals surface area contributed by atoms with Crippen molar-refractivity contribution in [2.45, 2.75) is 31.9 Å². The molecule has 1 N–H and O–H groups in total. The van der Waals surface area contributed by atoms with Gasteiger partial charge in [0.1, 0.15) is 5.75 Å². The van der Waals surface area contributed by atoms with Crippen LogP contribution >= 0.6 is 0 Å². The van der Waals surface area contributed by atoms with Gasteiger partial charge in [0.15, 0.2) is 5.96 Å². The first-order valence-corrected chi connectivity index (χ1v) is 7.89. The normalized spacial score (nSPS) is 18.3. The summed E-state index contributed by atoms with van der Waals surface area (Å²) >= 11 is 0. The Labute approximate surface area is 133 Å². The van der Waals surface area contributed by atoms with Gasteiger partial charge in [0, 0.05) is 33.8 Å². The molecule has 0 bridgehead atoms. The number of aliphatic imine (C=N–C) groups is 1. The Morgan fingerprint density at radius 2 is 2.18 bits per heavy atom. The molecule has 1 heterocycles. The standard InChI is InChI=1S/C17H27N3O2/c1-18-17(19-11-10-16-5-4-12-22-16)20(2)13-14-6-8-15(21-3)9-7-14/h6-9,16H,4-5,10-13H2,1-3H3,(H,18,19). The molecule has 0 saturated carbocycles. The maximum absolute atomic E-state index is 5.64. The Bertz CT molecular complexity index is 467. The first-order chi connectivity index (χ1) is 10.7. The Kier molecular flexibility index (Phi) is 6.52. The van der Waals surface area contributed by atoms with Gasteiger partial charge in [0.2, 0.25) is 0 Å². The number of hydrogen-bond acceptors (Lipinski definition) is 3. The molecule has 122 valence electrons. The molecule has 0 radical (unpaired) electrons. The maximum atomic E-state index is 5.64. The van der Waals surface area contributed by atoms with E-state index in [0.29, 0.717) is 6.10 Å². The van der Waals surface area contributed by atoms with Gasteiger partial charge in [-0.1, -0.05) is 12.1 Å². The van der Waals surface area contributed by atoms with Gasteiger partial charge < -0.3 is 19.7 Å². The van der Waals surface area contributed by atoms with Crippen molar-refractivity contribution in [1.82, 2.24) is 10.2 Å². The van der Waals surface area contributed by atoms with Gasteiger partial charge in [-0.05, 0) is 37.0 Å². The first-order valence-electron chi connectivity index (χ1n) is 7.89. The second kappa shape index (κ2) is 8.63. The van der Waals surface area contributed by atoms with Gasteiger partial charge in [-0.25, -0.2) is 0 Å². The van der Waals surface area contributed by atoms with E-state index in [4.69, 9.17) is 9.47 Å². The van der Waals surface area contributed by atoms with Crippen molar-refractivity contribution in [2.24, 2.45) is 4.99 Å². The van der Waals surface area contributed by atoms with Crippen molar-refractivity contribution in [3.63, 3.8) is 0 Å². The highest BCUT2D eigenvalue weighted by atomic mass is 16.5. The van der Waals surface area contributed by atoms with Crippen LogP contribution in [0.3, 0.4) is 0 Å². The lowest BCUT2D eigenvalue weighted by molar-refractivity contribution is 0.105. The van der Waals surface area contributed by atoms with Gasteiger partial charge in [-0.2, -0.15) is 0 Å². The zero-order valence-electron chi connectivity index (χ0n) is 13.8. The van der Waals surface area contributed by atoms with E-state index in [2.05, 4.69) is 27.3 Å². The van der Waals surface area contributed by atoms with Crippen molar-refractivity contribution in [2.75, 3.05) is 34.4 Å². The smallest absolute Gasteiger partial charge is 0.193 e. The van der Waals surface area contributed by atoms with E-state index in [9.17, 15) is 0 Å². The van der Waals surface area contributed by atoms with E-state index >= 15 is 0 Å². The summed E-state index contributed by atoms with van der Waals surface area (Å²) in [6.45, 7) is 2.62. The van der Waals surface area contributed by atoms with Gasteiger partial charge in [-0.15, -0.1) is 0 Å². The van der Waals surface area contributed by atoms with E-state index in [0.717, 1.165) is 37.8 Å². The number of benzene rings is 1. The van der Waals surface area contributed by atoms with Crippen LogP contribution in [0.4, 0.5) is 0 Å². The van der Waals surface area contributed by atoms with Crippen LogP contribution in [0.5, 0.6) is 5.75 Å². The van der Waals surface area contributed by atoms with Gasteiger partial charge in [0.25, 0.3) is 0 Å². The van der Waals surface area contributed by atoms with E-state index in [1.807, 2.05) is 26.2 Å². The molecule has 0 aliphatic carbocycles. The number of guanidine groups is 1. The van der Waals surface area contributed by atoms with E-state index in [-0.39, 0.29) is 0 Å². The minimum atomic E-state index is 0.414. The molecular formula is C17H27N3O2. The van der Waals surface area contributed by atoms with Gasteiger partial charge in [-0.3, -0.25) is 4.99 Å². The average molecular weight is 305 g/mol. The first kappa shape index (κ1) is 16.6. The summed E-state index contributed by atoms with van der Waals surface area (Å²) in [4.78, 5) is 6.47. The van der Waals surface area contributed by atoms with Crippen LogP contribution in [-0.4, -0.2) is 51.3 Å². The molecule has 1 unspecified atom stereocenters. The molecule has 1 aromatic rings. The molecule has 1 fully saturated rings. The van der Waals surface area contributed by atoms with Crippen LogP contribution in [0.1, 0.15) is 24.8 Å². The van der Waals surface area contributed by atoms with Crippen molar-refractivity contribution in [3.8, 4) is 5.75 Å². The molecule has 1 aromatic carbocycles. The molecule has 2 rings (SSSR count). The fraction of sp³-hybridized carbons (Fsp3) is 0.588. The molecule has 0 amide bonds. The highest BCUT2D eigenvalue weighted by molar-refractivity contribution is 5.79. The quantitative estimate of drug-likeness (QED) is 0.647. The lowest BCUT2D eigenvalue weighted by Gasteiger charge is -2.23. The SMILES string of the molecule is CN=C(NCCC1CCCO1)N(C)Cc1ccc(OC)cc1. The number of hydrogen-bond donors (Lipinski definition) is 1. The largest absolute Gasteiger partial charge is 0.497 e. The zero-order chi connectivity index (χ0) is 15.8. The van der Waals surface area contributed by atoms with Crippen molar-refractivity contribution < 1.29 is 9.47 Å². The molecule has 1 aliphatic heterocycles. The van der Waals surface area contributed by atoms with E-state index < -0.39 is 0 Å². The summed E-state index contributed by atoms with van der Waals surface area (Å²) in [5.74, 6) is 1.79. The minimum absolute atomic E-state index is 0.414. The maximum Gasteiger partial charge on any atom is 0.193 e. The number of ether oxygens (including phenoxy) is 2. The van der Waals surface area contributed by atoms with Crippen molar-refractivity contribution in [1.29, 1.82) is 0 Å². The predicted molar refractivity (Wildman–Crippen MR) is 89.4 cm³/mol. The monoisotopic (exact) mass is 305 g/mol. The van der Waals surface area contributed by atoms with Crippen LogP contribution in [-0.2, 0) is 11.3 Å². The fourth-order valence-corrected chi connectivity index (χ4v) is 2.68. The van der Waals surface area contributed by atoms with Crippen molar-refractivity contribution >= 4 is 5.96 Å². The van der Waals surface area contributed by atoms with Gasteiger partial charge >= 0.3 is 0 Å². The van der Waals surface area contributed by atoms with E-state index in [1.165, 1.54) is 18.4 Å². The van der Waals surface area contributed by atoms with Crippen molar-refractivity contribution in [3.05, 3.63) is 29.8 Å². The minimum Gasteiger partial charge on any atom is -0.497 e. The summed E-state index contributed by atoms with van der Waals surface area (Å²) in [6.07, 6.45) is 3.83. The summed E-state index contributed by atoms with van der Waals surface area (Å²) in [5, 5.41) is 3.41. The molecule has 1 aliphatic rings. The highest BCUT2D eigenvalue weighted by Crippen LogP contribution is 2.15. The third-order valence-corrected chi connectivity index (χ3v) is 3.93. The predicted octanol–water partition coefficient (Wildman–Crippen LogP) is 2.27. The van der Waals surface area contributed by atoms with Gasteiger partial charge in [0.05, 0.1) is 13.2 Å². The van der Waals surface area contributed by atoms with Crippen LogP contribution in [0.25, 0.3) is 0 Å². The third-order valence-electron chi connectivity index (χ3n) is 3.93. The Hall–Kier alpha value is -1.75. The fourth-order valence-electron chi connectivity index (χ4n) is 2.68. The zero-order valence-corrected chi connectivity index (χ0v) is 13.8. The summed E-state index contributed by atoms with van der Waals surface area (Å²) < 4.78 is 10.8. The molecular weight excluding hydrogens is 278 g/mol. The molecule has 0 aromatic heterocycles. The van der Waals surface area contributed by atoms with Crippen LogP contribution in [0, 0.1) is 0 Å². The second-order valence-electron chi connectivity index (χ2n) is 5.60. The molecule has 22 heavy (non-hydrogen) atoms. The highest BCUT2D eigenvalue weighted by Gasteiger charge is 2.15. The molecule has 0 spiro atoms.